The number of rotatable bonds is 4. The Labute approximate surface area is 128 Å². The molecule has 0 aromatic heterocycles. The van der Waals surface area contributed by atoms with Crippen LogP contribution in [0.2, 0.25) is 5.02 Å². The van der Waals surface area contributed by atoms with Crippen molar-refractivity contribution >= 4 is 23.5 Å². The molecule has 6 nitrogen and oxygen atoms in total. The highest BCUT2D eigenvalue weighted by Gasteiger charge is 2.24. The first kappa shape index (κ1) is 15.8. The number of halogens is 1. The summed E-state index contributed by atoms with van der Waals surface area (Å²) in [5.41, 5.74) is 6.04. The lowest BCUT2D eigenvalue weighted by atomic mass is 10.0. The zero-order valence-electron chi connectivity index (χ0n) is 11.6. The maximum Gasteiger partial charge on any atom is 0.318 e. The molecule has 4 N–H and O–H groups in total. The first-order valence-corrected chi connectivity index (χ1v) is 7.23. The number of urea groups is 1. The van der Waals surface area contributed by atoms with E-state index in [4.69, 9.17) is 17.3 Å². The predicted octanol–water partition coefficient (Wildman–Crippen LogP) is 0.871. The van der Waals surface area contributed by atoms with Crippen LogP contribution in [0.4, 0.5) is 4.79 Å². The third kappa shape index (κ3) is 4.70. The number of nitrogens with one attached hydrogen (secondary N) is 2. The minimum atomic E-state index is -0.813. The first-order chi connectivity index (χ1) is 10.1. The van der Waals surface area contributed by atoms with E-state index in [-0.39, 0.29) is 18.4 Å². The van der Waals surface area contributed by atoms with Crippen LogP contribution in [0.25, 0.3) is 0 Å². The van der Waals surface area contributed by atoms with Crippen molar-refractivity contribution in [2.24, 2.45) is 5.73 Å². The van der Waals surface area contributed by atoms with Gasteiger partial charge in [-0.2, -0.15) is 0 Å². The molecule has 0 bridgehead atoms. The molecular formula is C14H19ClN4O2. The van der Waals surface area contributed by atoms with Crippen molar-refractivity contribution in [1.29, 1.82) is 0 Å². The Balaban J connectivity index is 1.99. The van der Waals surface area contributed by atoms with Gasteiger partial charge in [0.15, 0.2) is 0 Å². The molecule has 2 rings (SSSR count). The van der Waals surface area contributed by atoms with E-state index in [9.17, 15) is 9.59 Å². The number of primary amides is 1. The molecule has 114 valence electrons. The van der Waals surface area contributed by atoms with E-state index in [1.54, 1.807) is 0 Å². The van der Waals surface area contributed by atoms with Crippen LogP contribution in [-0.4, -0.2) is 43.0 Å². The van der Waals surface area contributed by atoms with Crippen molar-refractivity contribution in [3.63, 3.8) is 0 Å². The second kappa shape index (κ2) is 7.40. The van der Waals surface area contributed by atoms with Crippen LogP contribution in [0.1, 0.15) is 18.0 Å². The van der Waals surface area contributed by atoms with Crippen LogP contribution < -0.4 is 16.4 Å². The van der Waals surface area contributed by atoms with Crippen molar-refractivity contribution in [2.45, 2.75) is 12.5 Å². The molecule has 1 unspecified atom stereocenters. The Hall–Kier alpha value is -1.63. The molecule has 0 saturated carbocycles. The Bertz CT molecular complexity index is 523. The van der Waals surface area contributed by atoms with Gasteiger partial charge in [-0.1, -0.05) is 23.7 Å². The predicted molar refractivity (Wildman–Crippen MR) is 81.0 cm³/mol. The fourth-order valence-electron chi connectivity index (χ4n) is 2.50. The van der Waals surface area contributed by atoms with Gasteiger partial charge < -0.3 is 11.1 Å². The van der Waals surface area contributed by atoms with Gasteiger partial charge in [-0.3, -0.25) is 15.0 Å². The fourth-order valence-corrected chi connectivity index (χ4v) is 2.70. The summed E-state index contributed by atoms with van der Waals surface area (Å²) in [6.07, 6.45) is 0.236. The maximum absolute atomic E-state index is 11.5. The highest BCUT2D eigenvalue weighted by molar-refractivity contribution is 6.30. The minimum absolute atomic E-state index is 0.166. The molecule has 0 aliphatic carbocycles. The molecule has 7 heteroatoms. The normalized spacial score (nSPS) is 19.2. The van der Waals surface area contributed by atoms with E-state index in [0.29, 0.717) is 11.6 Å². The summed E-state index contributed by atoms with van der Waals surface area (Å²) in [5.74, 6) is -0.356. The SMILES string of the molecule is NC(=O)NC(=O)CCN1CCNCC1c1cccc(Cl)c1. The molecule has 1 atom stereocenters. The average Bonchev–Trinajstić information content (AvgIpc) is 2.45. The molecule has 0 spiro atoms. The third-order valence-corrected chi connectivity index (χ3v) is 3.71. The van der Waals surface area contributed by atoms with Crippen LogP contribution >= 0.6 is 11.6 Å². The highest BCUT2D eigenvalue weighted by Crippen LogP contribution is 2.24. The highest BCUT2D eigenvalue weighted by atomic mass is 35.5. The van der Waals surface area contributed by atoms with E-state index in [1.807, 2.05) is 24.3 Å². The molecule has 21 heavy (non-hydrogen) atoms. The number of piperazine rings is 1. The number of carbonyl (C=O) groups excluding carboxylic acids is 2. The van der Waals surface area contributed by atoms with Gasteiger partial charge in [0.2, 0.25) is 5.91 Å². The lowest BCUT2D eigenvalue weighted by Crippen LogP contribution is -2.47. The second-order valence-electron chi connectivity index (χ2n) is 4.97. The van der Waals surface area contributed by atoms with Gasteiger partial charge in [0, 0.05) is 43.7 Å². The van der Waals surface area contributed by atoms with Gasteiger partial charge in [-0.25, -0.2) is 4.79 Å². The lowest BCUT2D eigenvalue weighted by molar-refractivity contribution is -0.120. The fraction of sp³-hybridized carbons (Fsp3) is 0.429. The summed E-state index contributed by atoms with van der Waals surface area (Å²) in [5, 5.41) is 6.12. The molecule has 1 saturated heterocycles. The summed E-state index contributed by atoms with van der Waals surface area (Å²) in [4.78, 5) is 24.4. The topological polar surface area (TPSA) is 87.5 Å². The Morgan fingerprint density at radius 3 is 3.00 bits per heavy atom. The van der Waals surface area contributed by atoms with Gasteiger partial charge in [0.25, 0.3) is 0 Å². The molecule has 1 fully saturated rings. The maximum atomic E-state index is 11.5. The zero-order valence-corrected chi connectivity index (χ0v) is 12.4. The molecule has 1 aromatic carbocycles. The molecule has 1 aromatic rings. The van der Waals surface area contributed by atoms with Crippen LogP contribution in [0, 0.1) is 0 Å². The number of carbonyl (C=O) groups is 2. The molecule has 1 aliphatic rings. The lowest BCUT2D eigenvalue weighted by Gasteiger charge is -2.36. The van der Waals surface area contributed by atoms with Crippen molar-refractivity contribution in [2.75, 3.05) is 26.2 Å². The Morgan fingerprint density at radius 2 is 2.29 bits per heavy atom. The summed E-state index contributed by atoms with van der Waals surface area (Å²) in [7, 11) is 0. The van der Waals surface area contributed by atoms with Gasteiger partial charge in [-0.15, -0.1) is 0 Å². The number of nitrogens with zero attached hydrogens (tertiary/aromatic N) is 1. The first-order valence-electron chi connectivity index (χ1n) is 6.86. The van der Waals surface area contributed by atoms with Crippen LogP contribution in [-0.2, 0) is 4.79 Å². The second-order valence-corrected chi connectivity index (χ2v) is 5.41. The quantitative estimate of drug-likeness (QED) is 0.770. The molecule has 1 heterocycles. The average molecular weight is 311 g/mol. The van der Waals surface area contributed by atoms with E-state index in [0.717, 1.165) is 25.2 Å². The van der Waals surface area contributed by atoms with Crippen molar-refractivity contribution in [3.8, 4) is 0 Å². The molecule has 3 amide bonds. The summed E-state index contributed by atoms with van der Waals surface area (Å²) < 4.78 is 0. The van der Waals surface area contributed by atoms with Crippen LogP contribution in [0.5, 0.6) is 0 Å². The Kier molecular flexibility index (Phi) is 5.55. The molecular weight excluding hydrogens is 292 g/mol. The number of hydrogen-bond acceptors (Lipinski definition) is 4. The summed E-state index contributed by atoms with van der Waals surface area (Å²) in [6.45, 7) is 3.07. The number of nitrogens with two attached hydrogens (primary N) is 1. The number of hydrogen-bond donors (Lipinski definition) is 3. The number of amides is 3. The molecule has 0 radical (unpaired) electrons. The van der Waals surface area contributed by atoms with Gasteiger partial charge in [0.05, 0.1) is 0 Å². The van der Waals surface area contributed by atoms with Crippen molar-refractivity contribution in [3.05, 3.63) is 34.9 Å². The standard InChI is InChI=1S/C14H19ClN4O2/c15-11-3-1-2-10(8-11)12-9-17-5-7-19(12)6-4-13(20)18-14(16)21/h1-3,8,12,17H,4-7,9H2,(H3,16,18,20,21). The largest absolute Gasteiger partial charge is 0.351 e. The zero-order chi connectivity index (χ0) is 15.2. The summed E-state index contributed by atoms with van der Waals surface area (Å²) in [6, 6.07) is 7.08. The Morgan fingerprint density at radius 1 is 1.48 bits per heavy atom. The monoisotopic (exact) mass is 310 g/mol. The van der Waals surface area contributed by atoms with E-state index >= 15 is 0 Å². The number of imide groups is 1. The van der Waals surface area contributed by atoms with Gasteiger partial charge in [-0.05, 0) is 17.7 Å². The van der Waals surface area contributed by atoms with Crippen LogP contribution in [0.15, 0.2) is 24.3 Å². The smallest absolute Gasteiger partial charge is 0.318 e. The van der Waals surface area contributed by atoms with Crippen molar-refractivity contribution < 1.29 is 9.59 Å². The number of benzene rings is 1. The third-order valence-electron chi connectivity index (χ3n) is 3.48. The summed E-state index contributed by atoms with van der Waals surface area (Å²) >= 11 is 6.04. The molecule has 1 aliphatic heterocycles. The van der Waals surface area contributed by atoms with Gasteiger partial charge >= 0.3 is 6.03 Å². The van der Waals surface area contributed by atoms with E-state index in [1.165, 1.54) is 0 Å². The van der Waals surface area contributed by atoms with E-state index in [2.05, 4.69) is 15.5 Å². The van der Waals surface area contributed by atoms with E-state index < -0.39 is 6.03 Å². The van der Waals surface area contributed by atoms with Crippen molar-refractivity contribution in [1.82, 2.24) is 15.5 Å². The van der Waals surface area contributed by atoms with Gasteiger partial charge in [0.1, 0.15) is 0 Å². The minimum Gasteiger partial charge on any atom is -0.351 e. The van der Waals surface area contributed by atoms with Crippen LogP contribution in [0.3, 0.4) is 0 Å².